The number of anilines is 1. The molecule has 0 aromatic heterocycles. The van der Waals surface area contributed by atoms with Crippen molar-refractivity contribution >= 4 is 15.5 Å². The highest BCUT2D eigenvalue weighted by Gasteiger charge is 2.11. The minimum atomic E-state index is -3.40. The van der Waals surface area contributed by atoms with Gasteiger partial charge in [0.2, 0.25) is 0 Å². The Morgan fingerprint density at radius 2 is 1.85 bits per heavy atom. The van der Waals surface area contributed by atoms with E-state index >= 15 is 0 Å². The van der Waals surface area contributed by atoms with Crippen LogP contribution in [-0.4, -0.2) is 14.7 Å². The molecule has 0 atom stereocenters. The molecule has 20 heavy (non-hydrogen) atoms. The standard InChI is InChI=1S/C14H13F2NO2S/c1-20(18,19)12-5-6-13(16)14(8-12)17-9-10-3-2-4-11(15)7-10/h2-8,17H,9H2,1H3. The van der Waals surface area contributed by atoms with Gasteiger partial charge in [-0.2, -0.15) is 0 Å². The highest BCUT2D eigenvalue weighted by molar-refractivity contribution is 7.90. The third-order valence-corrected chi connectivity index (χ3v) is 3.85. The molecule has 2 aromatic carbocycles. The van der Waals surface area contributed by atoms with Gasteiger partial charge in [0.15, 0.2) is 9.84 Å². The molecule has 2 rings (SSSR count). The van der Waals surface area contributed by atoms with E-state index in [1.165, 1.54) is 24.3 Å². The van der Waals surface area contributed by atoms with Gasteiger partial charge in [-0.15, -0.1) is 0 Å². The van der Waals surface area contributed by atoms with E-state index in [2.05, 4.69) is 5.32 Å². The molecule has 106 valence electrons. The Kier molecular flexibility index (Phi) is 4.04. The molecule has 0 unspecified atom stereocenters. The van der Waals surface area contributed by atoms with Crippen LogP contribution >= 0.6 is 0 Å². The number of benzene rings is 2. The summed E-state index contributed by atoms with van der Waals surface area (Å²) in [5.41, 5.74) is 0.700. The Morgan fingerprint density at radius 3 is 2.50 bits per heavy atom. The lowest BCUT2D eigenvalue weighted by atomic mass is 10.2. The van der Waals surface area contributed by atoms with Gasteiger partial charge in [-0.3, -0.25) is 0 Å². The van der Waals surface area contributed by atoms with Crippen LogP contribution in [-0.2, 0) is 16.4 Å². The van der Waals surface area contributed by atoms with Gasteiger partial charge in [0, 0.05) is 12.8 Å². The molecule has 0 amide bonds. The first kappa shape index (κ1) is 14.5. The van der Waals surface area contributed by atoms with Crippen molar-refractivity contribution in [3.05, 3.63) is 59.7 Å². The Bertz CT molecular complexity index is 730. The molecule has 2 aromatic rings. The van der Waals surface area contributed by atoms with Crippen molar-refractivity contribution in [2.24, 2.45) is 0 Å². The summed E-state index contributed by atoms with van der Waals surface area (Å²) in [6.45, 7) is 0.196. The van der Waals surface area contributed by atoms with Crippen LogP contribution in [0.25, 0.3) is 0 Å². The van der Waals surface area contributed by atoms with Gasteiger partial charge in [-0.1, -0.05) is 12.1 Å². The maximum absolute atomic E-state index is 13.6. The van der Waals surface area contributed by atoms with E-state index in [1.54, 1.807) is 12.1 Å². The Labute approximate surface area is 116 Å². The predicted molar refractivity (Wildman–Crippen MR) is 73.2 cm³/mol. The Balaban J connectivity index is 2.21. The monoisotopic (exact) mass is 297 g/mol. The normalized spacial score (nSPS) is 11.3. The fourth-order valence-electron chi connectivity index (χ4n) is 1.71. The second kappa shape index (κ2) is 5.58. The fraction of sp³-hybridized carbons (Fsp3) is 0.143. The number of halogens is 2. The van der Waals surface area contributed by atoms with Crippen molar-refractivity contribution in [1.82, 2.24) is 0 Å². The zero-order valence-electron chi connectivity index (χ0n) is 10.7. The van der Waals surface area contributed by atoms with Crippen LogP contribution in [0.5, 0.6) is 0 Å². The number of rotatable bonds is 4. The summed E-state index contributed by atoms with van der Waals surface area (Å²) in [6.07, 6.45) is 1.05. The van der Waals surface area contributed by atoms with E-state index in [-0.39, 0.29) is 22.9 Å². The lowest BCUT2D eigenvalue weighted by Crippen LogP contribution is -2.04. The molecular formula is C14H13F2NO2S. The summed E-state index contributed by atoms with van der Waals surface area (Å²) < 4.78 is 49.5. The number of nitrogens with one attached hydrogen (secondary N) is 1. The summed E-state index contributed by atoms with van der Waals surface area (Å²) >= 11 is 0. The van der Waals surface area contributed by atoms with E-state index < -0.39 is 15.7 Å². The SMILES string of the molecule is CS(=O)(=O)c1ccc(F)c(NCc2cccc(F)c2)c1. The molecule has 0 saturated carbocycles. The molecule has 0 heterocycles. The molecule has 0 spiro atoms. The molecule has 3 nitrogen and oxygen atoms in total. The van der Waals surface area contributed by atoms with Gasteiger partial charge in [-0.05, 0) is 35.9 Å². The third kappa shape index (κ3) is 3.54. The van der Waals surface area contributed by atoms with Crippen LogP contribution in [0.4, 0.5) is 14.5 Å². The molecule has 0 aliphatic heterocycles. The van der Waals surface area contributed by atoms with Gasteiger partial charge >= 0.3 is 0 Å². The summed E-state index contributed by atoms with van der Waals surface area (Å²) in [5, 5.41) is 2.76. The molecule has 6 heteroatoms. The first-order valence-electron chi connectivity index (χ1n) is 5.84. The van der Waals surface area contributed by atoms with Crippen molar-refractivity contribution in [3.8, 4) is 0 Å². The first-order chi connectivity index (χ1) is 9.36. The Hall–Kier alpha value is -1.95. The summed E-state index contributed by atoms with van der Waals surface area (Å²) in [4.78, 5) is 0.0284. The zero-order chi connectivity index (χ0) is 14.8. The molecule has 0 aliphatic rings. The largest absolute Gasteiger partial charge is 0.379 e. The average Bonchev–Trinajstić information content (AvgIpc) is 2.36. The molecule has 0 fully saturated rings. The highest BCUT2D eigenvalue weighted by atomic mass is 32.2. The number of hydrogen-bond donors (Lipinski definition) is 1. The average molecular weight is 297 g/mol. The van der Waals surface area contributed by atoms with E-state index in [1.807, 2.05) is 0 Å². The lowest BCUT2D eigenvalue weighted by Gasteiger charge is -2.09. The Morgan fingerprint density at radius 1 is 1.10 bits per heavy atom. The smallest absolute Gasteiger partial charge is 0.175 e. The van der Waals surface area contributed by atoms with E-state index in [0.717, 1.165) is 12.3 Å². The second-order valence-corrected chi connectivity index (χ2v) is 6.41. The third-order valence-electron chi connectivity index (χ3n) is 2.74. The molecule has 0 aliphatic carbocycles. The lowest BCUT2D eigenvalue weighted by molar-refractivity contribution is 0.600. The van der Waals surface area contributed by atoms with Gasteiger partial charge < -0.3 is 5.32 Å². The van der Waals surface area contributed by atoms with Gasteiger partial charge in [0.1, 0.15) is 11.6 Å². The highest BCUT2D eigenvalue weighted by Crippen LogP contribution is 2.20. The van der Waals surface area contributed by atoms with Crippen LogP contribution in [0.3, 0.4) is 0 Å². The van der Waals surface area contributed by atoms with E-state index in [9.17, 15) is 17.2 Å². The van der Waals surface area contributed by atoms with Crippen LogP contribution in [0, 0.1) is 11.6 Å². The maximum Gasteiger partial charge on any atom is 0.175 e. The number of hydrogen-bond acceptors (Lipinski definition) is 3. The van der Waals surface area contributed by atoms with Crippen molar-refractivity contribution in [3.63, 3.8) is 0 Å². The van der Waals surface area contributed by atoms with E-state index in [4.69, 9.17) is 0 Å². The topological polar surface area (TPSA) is 46.2 Å². The van der Waals surface area contributed by atoms with Crippen LogP contribution < -0.4 is 5.32 Å². The molecule has 1 N–H and O–H groups in total. The zero-order valence-corrected chi connectivity index (χ0v) is 11.5. The van der Waals surface area contributed by atoms with Gasteiger partial charge in [0.25, 0.3) is 0 Å². The summed E-state index contributed by atoms with van der Waals surface area (Å²) in [7, 11) is -3.40. The van der Waals surface area contributed by atoms with Crippen LogP contribution in [0.1, 0.15) is 5.56 Å². The molecule has 0 radical (unpaired) electrons. The maximum atomic E-state index is 13.6. The van der Waals surface area contributed by atoms with Crippen LogP contribution in [0.15, 0.2) is 47.4 Å². The van der Waals surface area contributed by atoms with Crippen molar-refractivity contribution in [2.45, 2.75) is 11.4 Å². The second-order valence-electron chi connectivity index (χ2n) is 4.40. The van der Waals surface area contributed by atoms with Crippen molar-refractivity contribution in [1.29, 1.82) is 0 Å². The minimum Gasteiger partial charge on any atom is -0.379 e. The first-order valence-corrected chi connectivity index (χ1v) is 7.73. The molecular weight excluding hydrogens is 284 g/mol. The van der Waals surface area contributed by atoms with Crippen molar-refractivity contribution < 1.29 is 17.2 Å². The number of sulfone groups is 1. The van der Waals surface area contributed by atoms with Crippen LogP contribution in [0.2, 0.25) is 0 Å². The van der Waals surface area contributed by atoms with E-state index in [0.29, 0.717) is 5.56 Å². The minimum absolute atomic E-state index is 0.0284. The summed E-state index contributed by atoms with van der Waals surface area (Å²) in [5.74, 6) is -0.941. The predicted octanol–water partition coefficient (Wildman–Crippen LogP) is 2.98. The molecule has 0 bridgehead atoms. The quantitative estimate of drug-likeness (QED) is 0.883. The van der Waals surface area contributed by atoms with Crippen molar-refractivity contribution in [2.75, 3.05) is 11.6 Å². The van der Waals surface area contributed by atoms with Gasteiger partial charge in [0.05, 0.1) is 10.6 Å². The van der Waals surface area contributed by atoms with Gasteiger partial charge in [-0.25, -0.2) is 17.2 Å². The fourth-order valence-corrected chi connectivity index (χ4v) is 2.36. The summed E-state index contributed by atoms with van der Waals surface area (Å²) in [6, 6.07) is 9.40. The molecule has 0 saturated heterocycles.